The summed E-state index contributed by atoms with van der Waals surface area (Å²) in [5.74, 6) is -0.0360. The first-order valence-electron chi connectivity index (χ1n) is 12.9. The number of sulfonamides is 1. The Labute approximate surface area is 229 Å². The summed E-state index contributed by atoms with van der Waals surface area (Å²) in [4.78, 5) is 29.0. The predicted octanol–water partition coefficient (Wildman–Crippen LogP) is 4.68. The van der Waals surface area contributed by atoms with Gasteiger partial charge in [0.15, 0.2) is 0 Å². The lowest BCUT2D eigenvalue weighted by atomic mass is 9.63. The number of amides is 1. The van der Waals surface area contributed by atoms with Crippen molar-refractivity contribution in [2.75, 3.05) is 25.7 Å². The maximum Gasteiger partial charge on any atom is 0.416 e. The van der Waals surface area contributed by atoms with Gasteiger partial charge >= 0.3 is 12.1 Å². The molecule has 208 valence electrons. The number of carbonyl (C=O) groups is 2. The van der Waals surface area contributed by atoms with Crippen LogP contribution in [0.5, 0.6) is 5.75 Å². The summed E-state index contributed by atoms with van der Waals surface area (Å²) in [5.41, 5.74) is -1.16. The minimum atomic E-state index is -4.12. The van der Waals surface area contributed by atoms with E-state index in [1.807, 2.05) is 13.0 Å². The summed E-state index contributed by atoms with van der Waals surface area (Å²) in [7, 11) is -1.28. The van der Waals surface area contributed by atoms with Gasteiger partial charge in [-0.05, 0) is 82.9 Å². The van der Waals surface area contributed by atoms with Gasteiger partial charge in [0.05, 0.1) is 30.2 Å². The minimum Gasteiger partial charge on any atom is -0.497 e. The third kappa shape index (κ3) is 3.79. The molecule has 5 rings (SSSR count). The smallest absolute Gasteiger partial charge is 0.416 e. The molecule has 3 aliphatic rings. The van der Waals surface area contributed by atoms with Gasteiger partial charge in [-0.1, -0.05) is 23.8 Å². The van der Waals surface area contributed by atoms with Crippen molar-refractivity contribution >= 4 is 27.8 Å². The van der Waals surface area contributed by atoms with Crippen molar-refractivity contribution in [2.24, 2.45) is 0 Å². The van der Waals surface area contributed by atoms with E-state index >= 15 is 0 Å². The molecule has 1 unspecified atom stereocenters. The normalized spacial score (nSPS) is 24.4. The van der Waals surface area contributed by atoms with E-state index in [4.69, 9.17) is 14.2 Å². The monoisotopic (exact) mass is 554 g/mol. The number of anilines is 1. The maximum atomic E-state index is 14.4. The van der Waals surface area contributed by atoms with Gasteiger partial charge < -0.3 is 14.2 Å². The zero-order chi connectivity index (χ0) is 28.4. The van der Waals surface area contributed by atoms with Gasteiger partial charge in [0.2, 0.25) is 10.0 Å². The van der Waals surface area contributed by atoms with Crippen LogP contribution < -0.4 is 9.64 Å². The van der Waals surface area contributed by atoms with E-state index in [0.717, 1.165) is 5.56 Å². The number of aryl methyl sites for hydroxylation is 1. The van der Waals surface area contributed by atoms with Crippen LogP contribution in [0.1, 0.15) is 51.2 Å². The van der Waals surface area contributed by atoms with E-state index in [1.165, 1.54) is 23.4 Å². The molecule has 2 heterocycles. The fourth-order valence-corrected chi connectivity index (χ4v) is 8.31. The van der Waals surface area contributed by atoms with Gasteiger partial charge in [0, 0.05) is 12.1 Å². The number of fused-ring (bicyclic) bond motifs is 1. The molecule has 0 N–H and O–H groups in total. The number of nitrogens with zero attached hydrogens (tertiary/aromatic N) is 2. The molecule has 1 fully saturated rings. The number of methoxy groups -OCH3 is 2. The highest BCUT2D eigenvalue weighted by atomic mass is 32.2. The number of hydrogen-bond donors (Lipinski definition) is 0. The van der Waals surface area contributed by atoms with E-state index in [2.05, 4.69) is 0 Å². The highest BCUT2D eigenvalue weighted by molar-refractivity contribution is 7.89. The number of rotatable bonds is 4. The van der Waals surface area contributed by atoms with Crippen molar-refractivity contribution in [3.05, 3.63) is 65.2 Å². The van der Waals surface area contributed by atoms with Gasteiger partial charge in [-0.15, -0.1) is 0 Å². The van der Waals surface area contributed by atoms with Crippen molar-refractivity contribution < 1.29 is 32.2 Å². The highest BCUT2D eigenvalue weighted by Crippen LogP contribution is 2.66. The van der Waals surface area contributed by atoms with E-state index in [9.17, 15) is 18.0 Å². The van der Waals surface area contributed by atoms with Crippen molar-refractivity contribution in [1.29, 1.82) is 0 Å². The Morgan fingerprint density at radius 1 is 1.00 bits per heavy atom. The average molecular weight is 555 g/mol. The van der Waals surface area contributed by atoms with Crippen LogP contribution in [0.4, 0.5) is 10.5 Å². The van der Waals surface area contributed by atoms with Gasteiger partial charge in [-0.2, -0.15) is 4.31 Å². The Balaban J connectivity index is 1.84. The summed E-state index contributed by atoms with van der Waals surface area (Å²) in [6.07, 6.45) is 2.01. The molecule has 1 amide bonds. The number of allylic oxidation sites excluding steroid dienone is 1. The van der Waals surface area contributed by atoms with Gasteiger partial charge in [-0.25, -0.2) is 18.0 Å². The highest BCUT2D eigenvalue weighted by Gasteiger charge is 2.75. The topological polar surface area (TPSA) is 102 Å². The summed E-state index contributed by atoms with van der Waals surface area (Å²) < 4.78 is 46.8. The molecule has 0 aromatic heterocycles. The number of esters is 1. The number of hydrogen-bond acceptors (Lipinski definition) is 7. The number of ether oxygens (including phenoxy) is 3. The molecule has 9 nitrogen and oxygen atoms in total. The second kappa shape index (κ2) is 9.09. The standard InChI is InChI=1S/C29H34N2O7S/c1-19-9-12-21(13-10-19)39(34,35)30-17-16-28-22(25(32)37-6)8-7-15-29(28,30)31(26(33)38-27(2,3)4)24-14-11-20(36-5)18-23(24)28/h8-14,18H,7,15-17H2,1-6H3/t28-,29?/m1/s1. The molecule has 10 heteroatoms. The Morgan fingerprint density at radius 2 is 1.69 bits per heavy atom. The number of benzene rings is 2. The lowest BCUT2D eigenvalue weighted by Crippen LogP contribution is -2.68. The van der Waals surface area contributed by atoms with Crippen LogP contribution in [-0.2, 0) is 29.7 Å². The molecule has 0 spiro atoms. The van der Waals surface area contributed by atoms with Crippen LogP contribution >= 0.6 is 0 Å². The SMILES string of the molecule is COC(=O)C1=CCCC23N(C(=O)OC(C)(C)C)c4ccc(OC)cc4[C@@]12CCN3S(=O)(=O)c1ccc(C)cc1. The fourth-order valence-electron chi connectivity index (χ4n) is 6.52. The van der Waals surface area contributed by atoms with Crippen LogP contribution in [0.25, 0.3) is 0 Å². The molecule has 2 aliphatic heterocycles. The van der Waals surface area contributed by atoms with Crippen LogP contribution in [-0.4, -0.2) is 56.8 Å². The van der Waals surface area contributed by atoms with Crippen molar-refractivity contribution in [3.8, 4) is 5.75 Å². The van der Waals surface area contributed by atoms with Crippen LogP contribution in [0.3, 0.4) is 0 Å². The summed E-state index contributed by atoms with van der Waals surface area (Å²) in [6, 6.07) is 11.9. The lowest BCUT2D eigenvalue weighted by Gasteiger charge is -2.51. The molecule has 0 radical (unpaired) electrons. The second-order valence-electron chi connectivity index (χ2n) is 11.2. The molecule has 2 atom stereocenters. The van der Waals surface area contributed by atoms with Crippen LogP contribution in [0, 0.1) is 6.92 Å². The van der Waals surface area contributed by atoms with Crippen LogP contribution in [0.15, 0.2) is 59.0 Å². The van der Waals surface area contributed by atoms with E-state index < -0.39 is 38.8 Å². The van der Waals surface area contributed by atoms with Gasteiger partial charge in [0.25, 0.3) is 0 Å². The molecular formula is C29H34N2O7S. The Morgan fingerprint density at radius 3 is 2.31 bits per heavy atom. The molecule has 1 saturated heterocycles. The molecule has 39 heavy (non-hydrogen) atoms. The quantitative estimate of drug-likeness (QED) is 0.506. The predicted molar refractivity (Wildman–Crippen MR) is 145 cm³/mol. The van der Waals surface area contributed by atoms with Crippen LogP contribution in [0.2, 0.25) is 0 Å². The first-order chi connectivity index (χ1) is 18.3. The molecular weight excluding hydrogens is 520 g/mol. The maximum absolute atomic E-state index is 14.4. The first kappa shape index (κ1) is 27.2. The summed E-state index contributed by atoms with van der Waals surface area (Å²) >= 11 is 0. The molecule has 2 aromatic carbocycles. The molecule has 2 aromatic rings. The van der Waals surface area contributed by atoms with E-state index in [1.54, 1.807) is 63.2 Å². The number of carbonyl (C=O) groups excluding carboxylic acids is 2. The summed E-state index contributed by atoms with van der Waals surface area (Å²) in [6.45, 7) is 7.25. The van der Waals surface area contributed by atoms with Crippen molar-refractivity contribution in [1.82, 2.24) is 4.31 Å². The Hall–Kier alpha value is -3.37. The van der Waals surface area contributed by atoms with Gasteiger partial charge in [-0.3, -0.25) is 4.90 Å². The molecule has 1 aliphatic carbocycles. The zero-order valence-corrected chi connectivity index (χ0v) is 23.9. The Kier molecular flexibility index (Phi) is 6.34. The Bertz CT molecular complexity index is 1480. The third-order valence-electron chi connectivity index (χ3n) is 7.95. The second-order valence-corrected chi connectivity index (χ2v) is 13.1. The minimum absolute atomic E-state index is 0.0838. The summed E-state index contributed by atoms with van der Waals surface area (Å²) in [5, 5.41) is 0. The van der Waals surface area contributed by atoms with Crippen molar-refractivity contribution in [3.63, 3.8) is 0 Å². The lowest BCUT2D eigenvalue weighted by molar-refractivity contribution is -0.137. The third-order valence-corrected chi connectivity index (χ3v) is 9.88. The average Bonchev–Trinajstić information content (AvgIpc) is 3.36. The van der Waals surface area contributed by atoms with E-state index in [-0.39, 0.29) is 24.3 Å². The molecule has 0 bridgehead atoms. The van der Waals surface area contributed by atoms with Gasteiger partial charge in [0.1, 0.15) is 17.0 Å². The fraction of sp³-hybridized carbons (Fsp3) is 0.448. The zero-order valence-electron chi connectivity index (χ0n) is 23.1. The largest absolute Gasteiger partial charge is 0.497 e. The first-order valence-corrected chi connectivity index (χ1v) is 14.4. The molecule has 0 saturated carbocycles. The van der Waals surface area contributed by atoms with Crippen molar-refractivity contribution in [2.45, 2.75) is 68.5 Å². The van der Waals surface area contributed by atoms with E-state index in [0.29, 0.717) is 29.0 Å².